The molecule has 0 heterocycles. The monoisotopic (exact) mass is 313 g/mol. The van der Waals surface area contributed by atoms with Crippen LogP contribution >= 0.6 is 15.9 Å². The minimum Gasteiger partial charge on any atom is -0.496 e. The smallest absolute Gasteiger partial charge is 0.133 e. The van der Waals surface area contributed by atoms with Crippen molar-refractivity contribution >= 4 is 15.9 Å². The molecule has 0 aliphatic rings. The van der Waals surface area contributed by atoms with Gasteiger partial charge in [-0.25, -0.2) is 0 Å². The van der Waals surface area contributed by atoms with Crippen molar-refractivity contribution in [3.63, 3.8) is 0 Å². The fraction of sp³-hybridized carbons (Fsp3) is 0.600. The fourth-order valence-electron chi connectivity index (χ4n) is 1.96. The summed E-state index contributed by atoms with van der Waals surface area (Å²) in [6, 6.07) is 6.87. The van der Waals surface area contributed by atoms with Gasteiger partial charge in [-0.3, -0.25) is 0 Å². The Morgan fingerprint density at radius 2 is 2.06 bits per heavy atom. The molecule has 2 nitrogen and oxygen atoms in total. The quantitative estimate of drug-likeness (QED) is 0.820. The number of hydrogen-bond acceptors (Lipinski definition) is 2. The van der Waals surface area contributed by atoms with E-state index in [1.165, 1.54) is 12.0 Å². The molecule has 0 saturated heterocycles. The van der Waals surface area contributed by atoms with Crippen molar-refractivity contribution < 1.29 is 4.74 Å². The van der Waals surface area contributed by atoms with Crippen LogP contribution in [0.5, 0.6) is 5.75 Å². The normalized spacial score (nSPS) is 14.3. The van der Waals surface area contributed by atoms with Crippen LogP contribution in [0.1, 0.15) is 32.8 Å². The SMILES string of the molecule is CCCNC(C)C(C)Cc1ccc(OC)c(Br)c1. The Kier molecular flexibility index (Phi) is 6.72. The molecule has 0 fully saturated rings. The molecule has 0 aromatic heterocycles. The van der Waals surface area contributed by atoms with E-state index in [1.807, 2.05) is 6.07 Å². The van der Waals surface area contributed by atoms with Crippen LogP contribution in [0.25, 0.3) is 0 Å². The summed E-state index contributed by atoms with van der Waals surface area (Å²) in [6.45, 7) is 7.85. The lowest BCUT2D eigenvalue weighted by Gasteiger charge is -2.21. The van der Waals surface area contributed by atoms with Gasteiger partial charge in [0.15, 0.2) is 0 Å². The first kappa shape index (κ1) is 15.5. The van der Waals surface area contributed by atoms with Gasteiger partial charge in [-0.2, -0.15) is 0 Å². The van der Waals surface area contributed by atoms with E-state index in [9.17, 15) is 0 Å². The van der Waals surface area contributed by atoms with Crippen molar-refractivity contribution in [2.45, 2.75) is 39.7 Å². The molecule has 0 amide bonds. The molecular formula is C15H24BrNO. The highest BCUT2D eigenvalue weighted by molar-refractivity contribution is 9.10. The van der Waals surface area contributed by atoms with Crippen LogP contribution in [0, 0.1) is 5.92 Å². The maximum Gasteiger partial charge on any atom is 0.133 e. The zero-order valence-electron chi connectivity index (χ0n) is 11.8. The topological polar surface area (TPSA) is 21.3 Å². The Morgan fingerprint density at radius 1 is 1.33 bits per heavy atom. The van der Waals surface area contributed by atoms with Gasteiger partial charge in [-0.1, -0.05) is 19.9 Å². The van der Waals surface area contributed by atoms with Gasteiger partial charge in [0.05, 0.1) is 11.6 Å². The van der Waals surface area contributed by atoms with Gasteiger partial charge in [0, 0.05) is 6.04 Å². The number of nitrogens with one attached hydrogen (secondary N) is 1. The summed E-state index contributed by atoms with van der Waals surface area (Å²) in [5.41, 5.74) is 1.35. The first-order chi connectivity index (χ1) is 8.58. The van der Waals surface area contributed by atoms with Gasteiger partial charge in [0.25, 0.3) is 0 Å². The molecule has 1 rings (SSSR count). The van der Waals surface area contributed by atoms with Crippen molar-refractivity contribution in [3.8, 4) is 5.75 Å². The molecule has 2 unspecified atom stereocenters. The van der Waals surface area contributed by atoms with Crippen LogP contribution in [-0.4, -0.2) is 19.7 Å². The van der Waals surface area contributed by atoms with Crippen molar-refractivity contribution in [2.24, 2.45) is 5.92 Å². The van der Waals surface area contributed by atoms with Crippen LogP contribution in [0.4, 0.5) is 0 Å². The zero-order valence-corrected chi connectivity index (χ0v) is 13.4. The summed E-state index contributed by atoms with van der Waals surface area (Å²) >= 11 is 3.54. The molecule has 1 aromatic rings. The van der Waals surface area contributed by atoms with Crippen LogP contribution in [0.3, 0.4) is 0 Å². The molecule has 2 atom stereocenters. The van der Waals surface area contributed by atoms with Gasteiger partial charge in [0.2, 0.25) is 0 Å². The lowest BCUT2D eigenvalue weighted by Crippen LogP contribution is -2.33. The molecular weight excluding hydrogens is 290 g/mol. The first-order valence-corrected chi connectivity index (χ1v) is 7.43. The second-order valence-corrected chi connectivity index (χ2v) is 5.75. The van der Waals surface area contributed by atoms with Crippen molar-refractivity contribution in [1.82, 2.24) is 5.32 Å². The van der Waals surface area contributed by atoms with Crippen molar-refractivity contribution in [3.05, 3.63) is 28.2 Å². The highest BCUT2D eigenvalue weighted by Gasteiger charge is 2.12. The molecule has 0 bridgehead atoms. The van der Waals surface area contributed by atoms with Crippen molar-refractivity contribution in [2.75, 3.05) is 13.7 Å². The summed E-state index contributed by atoms with van der Waals surface area (Å²) in [4.78, 5) is 0. The van der Waals surface area contributed by atoms with Gasteiger partial charge in [0.1, 0.15) is 5.75 Å². The molecule has 0 spiro atoms. The van der Waals surface area contributed by atoms with Crippen LogP contribution in [-0.2, 0) is 6.42 Å². The number of rotatable bonds is 7. The highest BCUT2D eigenvalue weighted by Crippen LogP contribution is 2.26. The van der Waals surface area contributed by atoms with Crippen LogP contribution in [0.2, 0.25) is 0 Å². The zero-order chi connectivity index (χ0) is 13.5. The minimum atomic E-state index is 0.547. The number of ether oxygens (including phenoxy) is 1. The van der Waals surface area contributed by atoms with Crippen LogP contribution < -0.4 is 10.1 Å². The second-order valence-electron chi connectivity index (χ2n) is 4.89. The number of halogens is 1. The third kappa shape index (κ3) is 4.62. The van der Waals surface area contributed by atoms with Crippen LogP contribution in [0.15, 0.2) is 22.7 Å². The summed E-state index contributed by atoms with van der Waals surface area (Å²) in [7, 11) is 1.69. The molecule has 1 N–H and O–H groups in total. The lowest BCUT2D eigenvalue weighted by molar-refractivity contribution is 0.397. The van der Waals surface area contributed by atoms with E-state index in [0.717, 1.165) is 23.2 Å². The Balaban J connectivity index is 2.58. The third-order valence-electron chi connectivity index (χ3n) is 3.34. The summed E-state index contributed by atoms with van der Waals surface area (Å²) in [6.07, 6.45) is 2.27. The number of methoxy groups -OCH3 is 1. The van der Waals surface area contributed by atoms with E-state index in [1.54, 1.807) is 7.11 Å². The van der Waals surface area contributed by atoms with E-state index < -0.39 is 0 Å². The largest absolute Gasteiger partial charge is 0.496 e. The molecule has 0 aliphatic carbocycles. The van der Waals surface area contributed by atoms with E-state index >= 15 is 0 Å². The van der Waals surface area contributed by atoms with E-state index in [2.05, 4.69) is 54.2 Å². The van der Waals surface area contributed by atoms with E-state index in [-0.39, 0.29) is 0 Å². The standard InChI is InChI=1S/C15H24BrNO/c1-5-8-17-12(3)11(2)9-13-6-7-15(18-4)14(16)10-13/h6-7,10-12,17H,5,8-9H2,1-4H3. The maximum absolute atomic E-state index is 5.25. The molecule has 3 heteroatoms. The second kappa shape index (κ2) is 7.80. The molecule has 18 heavy (non-hydrogen) atoms. The van der Waals surface area contributed by atoms with Crippen molar-refractivity contribution in [1.29, 1.82) is 0 Å². The predicted molar refractivity (Wildman–Crippen MR) is 81.3 cm³/mol. The Labute approximate surface area is 119 Å². The molecule has 102 valence electrons. The molecule has 0 saturated carbocycles. The predicted octanol–water partition coefficient (Wildman–Crippen LogP) is 4.02. The summed E-state index contributed by atoms with van der Waals surface area (Å²) in [5.74, 6) is 1.51. The van der Waals surface area contributed by atoms with E-state index in [4.69, 9.17) is 4.74 Å². The van der Waals surface area contributed by atoms with Gasteiger partial charge in [-0.15, -0.1) is 0 Å². The number of benzene rings is 1. The average Bonchev–Trinajstić information content (AvgIpc) is 2.36. The fourth-order valence-corrected chi connectivity index (χ4v) is 2.55. The molecule has 1 aromatic carbocycles. The van der Waals surface area contributed by atoms with Gasteiger partial charge in [-0.05, 0) is 65.9 Å². The minimum absolute atomic E-state index is 0.547. The maximum atomic E-state index is 5.25. The Hall–Kier alpha value is -0.540. The van der Waals surface area contributed by atoms with Gasteiger partial charge >= 0.3 is 0 Å². The Bertz CT molecular complexity index is 368. The number of hydrogen-bond donors (Lipinski definition) is 1. The average molecular weight is 314 g/mol. The van der Waals surface area contributed by atoms with Gasteiger partial charge < -0.3 is 10.1 Å². The summed E-state index contributed by atoms with van der Waals surface area (Å²) < 4.78 is 6.28. The summed E-state index contributed by atoms with van der Waals surface area (Å²) in [5, 5.41) is 3.55. The van der Waals surface area contributed by atoms with E-state index in [0.29, 0.717) is 12.0 Å². The highest BCUT2D eigenvalue weighted by atomic mass is 79.9. The lowest BCUT2D eigenvalue weighted by atomic mass is 9.95. The molecule has 0 radical (unpaired) electrons. The first-order valence-electron chi connectivity index (χ1n) is 6.64. The Morgan fingerprint density at radius 3 is 2.61 bits per heavy atom. The molecule has 0 aliphatic heterocycles. The third-order valence-corrected chi connectivity index (χ3v) is 3.96.